The Balaban J connectivity index is 1.34. The first-order valence-corrected chi connectivity index (χ1v) is 12.5. The Morgan fingerprint density at radius 3 is 2.53 bits per heavy atom. The molecule has 0 bridgehead atoms. The minimum absolute atomic E-state index is 0.0813. The van der Waals surface area contributed by atoms with Gasteiger partial charge < -0.3 is 14.4 Å². The molecular weight excluding hydrogens is 480 g/mol. The summed E-state index contributed by atoms with van der Waals surface area (Å²) in [5.74, 6) is 0.347. The molecule has 5 rings (SSSR count). The van der Waals surface area contributed by atoms with E-state index in [1.54, 1.807) is 31.8 Å². The summed E-state index contributed by atoms with van der Waals surface area (Å²) in [6.45, 7) is 4.87. The predicted octanol–water partition coefficient (Wildman–Crippen LogP) is 4.61. The van der Waals surface area contributed by atoms with Crippen molar-refractivity contribution < 1.29 is 13.9 Å². The predicted molar refractivity (Wildman–Crippen MR) is 129 cm³/mol. The molecule has 0 amide bonds. The zero-order valence-electron chi connectivity index (χ0n) is 19.5. The van der Waals surface area contributed by atoms with E-state index in [-0.39, 0.29) is 42.1 Å². The van der Waals surface area contributed by atoms with Gasteiger partial charge in [-0.2, -0.15) is 0 Å². The van der Waals surface area contributed by atoms with Gasteiger partial charge in [-0.1, -0.05) is 23.2 Å². The molecule has 1 saturated carbocycles. The fourth-order valence-corrected chi connectivity index (χ4v) is 6.19. The molecular formula is C24H30Cl2FN5O2. The van der Waals surface area contributed by atoms with Crippen LogP contribution in [0.4, 0.5) is 10.2 Å². The molecule has 2 aliphatic heterocycles. The van der Waals surface area contributed by atoms with Crippen molar-refractivity contribution in [3.05, 3.63) is 51.6 Å². The van der Waals surface area contributed by atoms with Gasteiger partial charge in [0.15, 0.2) is 11.6 Å². The van der Waals surface area contributed by atoms with E-state index in [1.165, 1.54) is 0 Å². The second kappa shape index (κ2) is 9.84. The number of methoxy groups -OCH3 is 1. The lowest BCUT2D eigenvalue weighted by Gasteiger charge is -2.40. The second-order valence-corrected chi connectivity index (χ2v) is 10.3. The summed E-state index contributed by atoms with van der Waals surface area (Å²) < 4.78 is 27.2. The first kappa shape index (κ1) is 24.2. The largest absolute Gasteiger partial charge is 0.379 e. The lowest BCUT2D eigenvalue weighted by atomic mass is 9.77. The number of anilines is 1. The number of hydrogen-bond acceptors (Lipinski definition) is 7. The van der Waals surface area contributed by atoms with Crippen molar-refractivity contribution in [1.82, 2.24) is 20.8 Å². The first-order chi connectivity index (χ1) is 16.4. The molecule has 5 unspecified atom stereocenters. The van der Waals surface area contributed by atoms with Crippen molar-refractivity contribution in [2.45, 2.75) is 69.5 Å². The van der Waals surface area contributed by atoms with E-state index in [2.05, 4.69) is 27.7 Å². The zero-order chi connectivity index (χ0) is 24.0. The minimum atomic E-state index is -0.333. The lowest BCUT2D eigenvalue weighted by molar-refractivity contribution is -0.117. The van der Waals surface area contributed by atoms with Gasteiger partial charge in [0.05, 0.1) is 34.4 Å². The van der Waals surface area contributed by atoms with Gasteiger partial charge in [-0.3, -0.25) is 10.4 Å². The third-order valence-electron chi connectivity index (χ3n) is 7.55. The Morgan fingerprint density at radius 1 is 1.15 bits per heavy atom. The Labute approximate surface area is 209 Å². The number of fused-ring (bicyclic) bond motifs is 1. The topological polar surface area (TPSA) is 71.5 Å². The average Bonchev–Trinajstić information content (AvgIpc) is 3.21. The van der Waals surface area contributed by atoms with Crippen molar-refractivity contribution in [2.24, 2.45) is 5.92 Å². The van der Waals surface area contributed by atoms with Gasteiger partial charge in [-0.25, -0.2) is 14.8 Å². The van der Waals surface area contributed by atoms with Crippen molar-refractivity contribution in [1.29, 1.82) is 0 Å². The molecule has 2 aromatic rings. The highest BCUT2D eigenvalue weighted by molar-refractivity contribution is 6.35. The number of rotatable bonds is 6. The van der Waals surface area contributed by atoms with E-state index in [9.17, 15) is 4.39 Å². The highest BCUT2D eigenvalue weighted by Crippen LogP contribution is 2.42. The molecule has 4 heterocycles. The van der Waals surface area contributed by atoms with Crippen molar-refractivity contribution in [3.63, 3.8) is 0 Å². The van der Waals surface area contributed by atoms with Crippen LogP contribution in [0, 0.1) is 11.7 Å². The Hall–Kier alpha value is -1.55. The van der Waals surface area contributed by atoms with Crippen molar-refractivity contribution in [3.8, 4) is 0 Å². The molecule has 7 nitrogen and oxygen atoms in total. The minimum Gasteiger partial charge on any atom is -0.379 e. The quantitative estimate of drug-likeness (QED) is 0.588. The maximum absolute atomic E-state index is 15.0. The molecule has 34 heavy (non-hydrogen) atoms. The zero-order valence-corrected chi connectivity index (χ0v) is 21.0. The molecule has 0 radical (unpaired) electrons. The maximum atomic E-state index is 15.0. The van der Waals surface area contributed by atoms with E-state index in [1.807, 2.05) is 11.8 Å². The molecule has 184 valence electrons. The summed E-state index contributed by atoms with van der Waals surface area (Å²) in [4.78, 5) is 10.5. The highest BCUT2D eigenvalue weighted by Gasteiger charge is 2.46. The number of hydrazine groups is 1. The Bertz CT molecular complexity index is 1030. The molecule has 1 aliphatic carbocycles. The van der Waals surface area contributed by atoms with Gasteiger partial charge in [-0.15, -0.1) is 0 Å². The monoisotopic (exact) mass is 509 g/mol. The average molecular weight is 510 g/mol. The van der Waals surface area contributed by atoms with Crippen LogP contribution in [0.2, 0.25) is 10.0 Å². The van der Waals surface area contributed by atoms with Gasteiger partial charge in [0.1, 0.15) is 0 Å². The summed E-state index contributed by atoms with van der Waals surface area (Å²) in [7, 11) is 1.70. The van der Waals surface area contributed by atoms with Crippen LogP contribution < -0.4 is 15.8 Å². The van der Waals surface area contributed by atoms with E-state index in [0.29, 0.717) is 21.9 Å². The number of nitrogens with zero attached hydrogens (tertiary/aromatic N) is 3. The van der Waals surface area contributed by atoms with Crippen LogP contribution >= 0.6 is 23.2 Å². The molecule has 2 aromatic heterocycles. The number of nitrogens with one attached hydrogen (secondary N) is 2. The number of halogens is 3. The fourth-order valence-electron chi connectivity index (χ4n) is 5.52. The van der Waals surface area contributed by atoms with E-state index >= 15 is 0 Å². The van der Waals surface area contributed by atoms with E-state index < -0.39 is 0 Å². The van der Waals surface area contributed by atoms with Crippen LogP contribution in [0.3, 0.4) is 0 Å². The number of pyridine rings is 2. The number of hydrogen-bond donors (Lipinski definition) is 2. The lowest BCUT2D eigenvalue weighted by Crippen LogP contribution is -2.47. The van der Waals surface area contributed by atoms with Crippen LogP contribution in [0.15, 0.2) is 24.7 Å². The normalized spacial score (nSPS) is 31.8. The van der Waals surface area contributed by atoms with Gasteiger partial charge in [0.2, 0.25) is 0 Å². The SMILES string of the molecule is COC1CC2NNC(c3cnc(N4CC[C@@H]4C)c(F)c3)C2CC1O[C@H](C)c1c(Cl)cncc1Cl. The first-order valence-electron chi connectivity index (χ1n) is 11.8. The molecule has 0 spiro atoms. The number of aromatic nitrogens is 2. The van der Waals surface area contributed by atoms with Crippen LogP contribution in [0.5, 0.6) is 0 Å². The van der Waals surface area contributed by atoms with Crippen molar-refractivity contribution in [2.75, 3.05) is 18.6 Å². The third kappa shape index (κ3) is 4.40. The van der Waals surface area contributed by atoms with Crippen LogP contribution in [-0.2, 0) is 9.47 Å². The summed E-state index contributed by atoms with van der Waals surface area (Å²) in [6, 6.07) is 2.04. The highest BCUT2D eigenvalue weighted by atomic mass is 35.5. The fraction of sp³-hybridized carbons (Fsp3) is 0.583. The van der Waals surface area contributed by atoms with Crippen molar-refractivity contribution >= 4 is 29.0 Å². The Morgan fingerprint density at radius 2 is 1.91 bits per heavy atom. The third-order valence-corrected chi connectivity index (χ3v) is 8.15. The van der Waals surface area contributed by atoms with Gasteiger partial charge in [-0.05, 0) is 50.7 Å². The molecule has 7 atom stereocenters. The maximum Gasteiger partial charge on any atom is 0.166 e. The van der Waals surface area contributed by atoms with Crippen LogP contribution in [-0.4, -0.2) is 47.9 Å². The second-order valence-electron chi connectivity index (χ2n) is 9.52. The molecule has 10 heteroatoms. The molecule has 0 aromatic carbocycles. The smallest absolute Gasteiger partial charge is 0.166 e. The van der Waals surface area contributed by atoms with Gasteiger partial charge in [0, 0.05) is 49.9 Å². The summed E-state index contributed by atoms with van der Waals surface area (Å²) in [5.41, 5.74) is 8.30. The molecule has 2 saturated heterocycles. The molecule has 2 N–H and O–H groups in total. The molecule has 3 aliphatic rings. The molecule has 3 fully saturated rings. The van der Waals surface area contributed by atoms with Crippen LogP contribution in [0.1, 0.15) is 56.4 Å². The summed E-state index contributed by atoms with van der Waals surface area (Å²) in [6.07, 6.45) is 6.88. The summed E-state index contributed by atoms with van der Waals surface area (Å²) in [5, 5.41) is 0.950. The summed E-state index contributed by atoms with van der Waals surface area (Å²) >= 11 is 12.7. The van der Waals surface area contributed by atoms with E-state index in [4.69, 9.17) is 32.7 Å². The Kier molecular flexibility index (Phi) is 6.99. The van der Waals surface area contributed by atoms with E-state index in [0.717, 1.165) is 36.9 Å². The van der Waals surface area contributed by atoms with Gasteiger partial charge >= 0.3 is 0 Å². The number of ether oxygens (including phenoxy) is 2. The standard InChI is InChI=1S/C24H30Cl2FN5O2/c1-12-4-5-32(12)24-18(27)6-14(9-29-24)23-15-7-21(20(33-3)8-19(15)30-31-23)34-13(2)22-16(25)10-28-11-17(22)26/h6,9-13,15,19-21,23,30-31H,4-5,7-8H2,1-3H3/t12-,13+,15?,19?,20?,21?,23?/m0/s1. The van der Waals surface area contributed by atoms with Gasteiger partial charge in [0.25, 0.3) is 0 Å². The van der Waals surface area contributed by atoms with Crippen LogP contribution in [0.25, 0.3) is 0 Å².